The lowest BCUT2D eigenvalue weighted by atomic mass is 9.84. The van der Waals surface area contributed by atoms with E-state index in [9.17, 15) is 0 Å². The summed E-state index contributed by atoms with van der Waals surface area (Å²) < 4.78 is 5.74. The van der Waals surface area contributed by atoms with Crippen molar-refractivity contribution in [1.29, 1.82) is 0 Å². The van der Waals surface area contributed by atoms with Crippen LogP contribution in [0.1, 0.15) is 46.5 Å². The molecule has 1 fully saturated rings. The molecule has 1 saturated heterocycles. The first-order valence-corrected chi connectivity index (χ1v) is 8.74. The molecule has 110 valence electrons. The summed E-state index contributed by atoms with van der Waals surface area (Å²) in [5.74, 6) is 1.88. The van der Waals surface area contributed by atoms with Crippen molar-refractivity contribution in [2.24, 2.45) is 16.3 Å². The molecule has 0 aromatic heterocycles. The highest BCUT2D eigenvalue weighted by Gasteiger charge is 2.31. The molecule has 1 N–H and O–H groups in total. The zero-order valence-electron chi connectivity index (χ0n) is 12.6. The van der Waals surface area contributed by atoms with E-state index < -0.39 is 0 Å². The van der Waals surface area contributed by atoms with Gasteiger partial charge in [-0.1, -0.05) is 32.5 Å². The van der Waals surface area contributed by atoms with Gasteiger partial charge in [0.05, 0.1) is 6.10 Å². The van der Waals surface area contributed by atoms with Crippen LogP contribution in [0.4, 0.5) is 0 Å². The van der Waals surface area contributed by atoms with Gasteiger partial charge in [0.15, 0.2) is 5.17 Å². The van der Waals surface area contributed by atoms with Gasteiger partial charge < -0.3 is 10.1 Å². The van der Waals surface area contributed by atoms with Gasteiger partial charge in [0, 0.05) is 31.4 Å². The lowest BCUT2D eigenvalue weighted by Crippen LogP contribution is -2.37. The second-order valence-corrected chi connectivity index (χ2v) is 6.83. The van der Waals surface area contributed by atoms with E-state index >= 15 is 0 Å². The van der Waals surface area contributed by atoms with Gasteiger partial charge >= 0.3 is 0 Å². The first kappa shape index (κ1) is 15.2. The largest absolute Gasteiger partial charge is 0.378 e. The Bertz CT molecular complexity index is 315. The van der Waals surface area contributed by atoms with Crippen molar-refractivity contribution in [3.63, 3.8) is 0 Å². The van der Waals surface area contributed by atoms with E-state index in [0.717, 1.165) is 31.3 Å². The van der Waals surface area contributed by atoms with Gasteiger partial charge in [0.1, 0.15) is 0 Å². The van der Waals surface area contributed by atoms with Gasteiger partial charge in [-0.25, -0.2) is 0 Å². The summed E-state index contributed by atoms with van der Waals surface area (Å²) in [4.78, 5) is 4.76. The van der Waals surface area contributed by atoms with Gasteiger partial charge in [-0.2, -0.15) is 0 Å². The number of aliphatic imine (C=N–C) groups is 1. The van der Waals surface area contributed by atoms with Crippen LogP contribution in [0.25, 0.3) is 0 Å². The molecule has 0 radical (unpaired) electrons. The number of hydrogen-bond donors (Lipinski definition) is 1. The van der Waals surface area contributed by atoms with Crippen molar-refractivity contribution in [3.05, 3.63) is 0 Å². The van der Waals surface area contributed by atoms with Crippen LogP contribution in [-0.2, 0) is 4.74 Å². The summed E-state index contributed by atoms with van der Waals surface area (Å²) in [5.41, 5.74) is 0.443. The molecule has 0 aromatic carbocycles. The average molecular weight is 284 g/mol. The maximum Gasteiger partial charge on any atom is 0.156 e. The Balaban J connectivity index is 1.80. The molecule has 19 heavy (non-hydrogen) atoms. The fourth-order valence-corrected chi connectivity index (χ4v) is 4.22. The summed E-state index contributed by atoms with van der Waals surface area (Å²) in [5, 5.41) is 4.70. The summed E-state index contributed by atoms with van der Waals surface area (Å²) in [6.45, 7) is 9.74. The Labute approximate surface area is 122 Å². The number of nitrogens with one attached hydrogen (secondary N) is 1. The van der Waals surface area contributed by atoms with E-state index in [1.165, 1.54) is 25.0 Å². The van der Waals surface area contributed by atoms with Crippen LogP contribution in [-0.4, -0.2) is 36.7 Å². The molecular formula is C15H28N2OS. The van der Waals surface area contributed by atoms with Gasteiger partial charge in [-0.05, 0) is 31.1 Å². The number of rotatable bonds is 5. The Morgan fingerprint density at radius 1 is 1.37 bits per heavy atom. The molecule has 3 nitrogen and oxygen atoms in total. The van der Waals surface area contributed by atoms with E-state index in [4.69, 9.17) is 9.73 Å². The number of amidine groups is 1. The van der Waals surface area contributed by atoms with Crippen LogP contribution < -0.4 is 5.32 Å². The third-order valence-corrected chi connectivity index (χ3v) is 6.14. The van der Waals surface area contributed by atoms with Gasteiger partial charge in [-0.15, -0.1) is 0 Å². The molecule has 0 aliphatic carbocycles. The molecule has 2 aliphatic heterocycles. The molecule has 2 aliphatic rings. The summed E-state index contributed by atoms with van der Waals surface area (Å²) >= 11 is 1.91. The SMILES string of the molecule is CCC1OCCC1CNC1=NCC(CC)(CC)CS1. The molecule has 0 aromatic rings. The van der Waals surface area contributed by atoms with Crippen LogP contribution in [0, 0.1) is 11.3 Å². The molecule has 0 bridgehead atoms. The number of nitrogens with zero attached hydrogens (tertiary/aromatic N) is 1. The van der Waals surface area contributed by atoms with E-state index in [0.29, 0.717) is 17.4 Å². The van der Waals surface area contributed by atoms with Crippen LogP contribution in [0.15, 0.2) is 4.99 Å². The van der Waals surface area contributed by atoms with Gasteiger partial charge in [0.25, 0.3) is 0 Å². The molecule has 0 saturated carbocycles. The van der Waals surface area contributed by atoms with E-state index in [1.54, 1.807) is 0 Å². The third kappa shape index (κ3) is 3.66. The van der Waals surface area contributed by atoms with Gasteiger partial charge in [-0.3, -0.25) is 4.99 Å². The number of ether oxygens (including phenoxy) is 1. The topological polar surface area (TPSA) is 33.6 Å². The normalized spacial score (nSPS) is 30.2. The molecule has 2 rings (SSSR count). The monoisotopic (exact) mass is 284 g/mol. The highest BCUT2D eigenvalue weighted by molar-refractivity contribution is 8.13. The lowest BCUT2D eigenvalue weighted by Gasteiger charge is -2.33. The minimum atomic E-state index is 0.443. The molecule has 2 unspecified atom stereocenters. The van der Waals surface area contributed by atoms with Crippen LogP contribution in [0.3, 0.4) is 0 Å². The Kier molecular flexibility index (Phi) is 5.58. The van der Waals surface area contributed by atoms with Gasteiger partial charge in [0.2, 0.25) is 0 Å². The lowest BCUT2D eigenvalue weighted by molar-refractivity contribution is 0.0883. The van der Waals surface area contributed by atoms with E-state index in [2.05, 4.69) is 26.1 Å². The fraction of sp³-hybridized carbons (Fsp3) is 0.933. The third-order valence-electron chi connectivity index (χ3n) is 4.84. The minimum Gasteiger partial charge on any atom is -0.378 e. The second-order valence-electron chi connectivity index (χ2n) is 5.86. The smallest absolute Gasteiger partial charge is 0.156 e. The summed E-state index contributed by atoms with van der Waals surface area (Å²) in [6, 6.07) is 0. The van der Waals surface area contributed by atoms with Crippen LogP contribution in [0.5, 0.6) is 0 Å². The predicted octanol–water partition coefficient (Wildman–Crippen LogP) is 3.30. The standard InChI is InChI=1S/C15H28N2OS/c1-4-13-12(7-8-18-13)9-16-14-17-10-15(5-2,6-3)11-19-14/h12-13H,4-11H2,1-3H3,(H,16,17). The Morgan fingerprint density at radius 2 is 2.16 bits per heavy atom. The van der Waals surface area contributed by atoms with E-state index in [-0.39, 0.29) is 0 Å². The Morgan fingerprint density at radius 3 is 2.74 bits per heavy atom. The molecule has 0 amide bonds. The highest BCUT2D eigenvalue weighted by Crippen LogP contribution is 2.34. The minimum absolute atomic E-state index is 0.443. The summed E-state index contributed by atoms with van der Waals surface area (Å²) in [7, 11) is 0. The Hall–Kier alpha value is -0.220. The van der Waals surface area contributed by atoms with E-state index in [1.807, 2.05) is 11.8 Å². The number of hydrogen-bond acceptors (Lipinski definition) is 4. The predicted molar refractivity (Wildman–Crippen MR) is 83.9 cm³/mol. The second kappa shape index (κ2) is 6.98. The zero-order chi connectivity index (χ0) is 13.7. The maximum absolute atomic E-state index is 5.74. The first-order chi connectivity index (χ1) is 9.23. The van der Waals surface area contributed by atoms with Crippen molar-refractivity contribution in [2.75, 3.05) is 25.4 Å². The van der Waals surface area contributed by atoms with Crippen molar-refractivity contribution in [2.45, 2.75) is 52.6 Å². The fourth-order valence-electron chi connectivity index (χ4n) is 2.93. The highest BCUT2D eigenvalue weighted by atomic mass is 32.2. The first-order valence-electron chi connectivity index (χ1n) is 7.75. The maximum atomic E-state index is 5.74. The summed E-state index contributed by atoms with van der Waals surface area (Å²) in [6.07, 6.45) is 5.24. The van der Waals surface area contributed by atoms with Crippen molar-refractivity contribution < 1.29 is 4.74 Å². The molecule has 0 spiro atoms. The van der Waals surface area contributed by atoms with Crippen molar-refractivity contribution in [1.82, 2.24) is 5.32 Å². The van der Waals surface area contributed by atoms with Crippen molar-refractivity contribution in [3.8, 4) is 0 Å². The molecule has 2 atom stereocenters. The molecule has 4 heteroatoms. The number of thioether (sulfide) groups is 1. The quantitative estimate of drug-likeness (QED) is 0.841. The van der Waals surface area contributed by atoms with Crippen LogP contribution >= 0.6 is 11.8 Å². The van der Waals surface area contributed by atoms with Crippen LogP contribution in [0.2, 0.25) is 0 Å². The van der Waals surface area contributed by atoms with Crippen molar-refractivity contribution >= 4 is 16.9 Å². The average Bonchev–Trinajstić information content (AvgIpc) is 2.93. The molecular weight excluding hydrogens is 256 g/mol. The zero-order valence-corrected chi connectivity index (χ0v) is 13.4. The molecule has 2 heterocycles.